The molecule has 1 aromatic carbocycles. The monoisotopic (exact) mass is 344 g/mol. The van der Waals surface area contributed by atoms with E-state index in [1.165, 1.54) is 16.8 Å². The predicted molar refractivity (Wildman–Crippen MR) is 101 cm³/mol. The first-order valence-electron chi connectivity index (χ1n) is 8.88. The third-order valence-corrected chi connectivity index (χ3v) is 5.45. The number of nitrogens with two attached hydrogens (primary N) is 1. The van der Waals surface area contributed by atoms with Crippen LogP contribution in [0.25, 0.3) is 0 Å². The molecule has 0 saturated carbocycles. The largest absolute Gasteiger partial charge is 0.330 e. The first-order valence-corrected chi connectivity index (χ1v) is 9.76. The molecular formula is C19H28N4S. The molecule has 0 aliphatic carbocycles. The van der Waals surface area contributed by atoms with Gasteiger partial charge in [-0.2, -0.15) is 0 Å². The van der Waals surface area contributed by atoms with Crippen LogP contribution in [0.15, 0.2) is 29.6 Å². The molecule has 24 heavy (non-hydrogen) atoms. The minimum atomic E-state index is 0.512. The zero-order valence-corrected chi connectivity index (χ0v) is 15.3. The van der Waals surface area contributed by atoms with E-state index in [0.29, 0.717) is 6.04 Å². The zero-order chi connectivity index (χ0) is 16.8. The summed E-state index contributed by atoms with van der Waals surface area (Å²) in [5.74, 6) is 0. The summed E-state index contributed by atoms with van der Waals surface area (Å²) in [7, 11) is 0. The molecule has 1 aliphatic heterocycles. The number of hydrogen-bond donors (Lipinski definition) is 2. The summed E-state index contributed by atoms with van der Waals surface area (Å²) < 4.78 is 0. The van der Waals surface area contributed by atoms with Gasteiger partial charge in [-0.15, -0.1) is 11.3 Å². The van der Waals surface area contributed by atoms with Gasteiger partial charge in [-0.05, 0) is 50.4 Å². The fraction of sp³-hybridized carbons (Fsp3) is 0.526. The van der Waals surface area contributed by atoms with Crippen molar-refractivity contribution in [2.45, 2.75) is 45.3 Å². The van der Waals surface area contributed by atoms with Crippen molar-refractivity contribution in [1.82, 2.24) is 15.2 Å². The van der Waals surface area contributed by atoms with E-state index in [1.54, 1.807) is 11.3 Å². The number of hydrogen-bond acceptors (Lipinski definition) is 5. The average molecular weight is 345 g/mol. The second-order valence-electron chi connectivity index (χ2n) is 6.64. The summed E-state index contributed by atoms with van der Waals surface area (Å²) in [6, 6.07) is 9.29. The van der Waals surface area contributed by atoms with Crippen LogP contribution >= 0.6 is 11.3 Å². The van der Waals surface area contributed by atoms with E-state index in [-0.39, 0.29) is 0 Å². The molecule has 5 heteroatoms. The Balaban J connectivity index is 1.60. The summed E-state index contributed by atoms with van der Waals surface area (Å²) >= 11 is 1.74. The van der Waals surface area contributed by atoms with Gasteiger partial charge in [0.25, 0.3) is 0 Å². The van der Waals surface area contributed by atoms with Gasteiger partial charge in [-0.1, -0.05) is 24.3 Å². The third-order valence-electron chi connectivity index (χ3n) is 4.63. The van der Waals surface area contributed by atoms with Gasteiger partial charge in [0.05, 0.1) is 10.7 Å². The van der Waals surface area contributed by atoms with E-state index in [9.17, 15) is 0 Å². The van der Waals surface area contributed by atoms with Crippen LogP contribution in [0.2, 0.25) is 0 Å². The lowest BCUT2D eigenvalue weighted by Crippen LogP contribution is -2.44. The van der Waals surface area contributed by atoms with Crippen LogP contribution in [0.4, 0.5) is 0 Å². The van der Waals surface area contributed by atoms with Gasteiger partial charge >= 0.3 is 0 Å². The fourth-order valence-corrected chi connectivity index (χ4v) is 3.99. The lowest BCUT2D eigenvalue weighted by molar-refractivity contribution is 0.222. The van der Waals surface area contributed by atoms with Crippen molar-refractivity contribution in [2.24, 2.45) is 5.73 Å². The van der Waals surface area contributed by atoms with Crippen LogP contribution in [0.1, 0.15) is 34.7 Å². The Morgan fingerprint density at radius 3 is 2.88 bits per heavy atom. The normalized spacial score (nSPS) is 17.2. The zero-order valence-electron chi connectivity index (χ0n) is 14.5. The highest BCUT2D eigenvalue weighted by Crippen LogP contribution is 2.18. The van der Waals surface area contributed by atoms with Crippen LogP contribution in [0.3, 0.4) is 0 Å². The Morgan fingerprint density at radius 2 is 2.12 bits per heavy atom. The molecule has 2 aromatic rings. The van der Waals surface area contributed by atoms with Crippen molar-refractivity contribution in [3.8, 4) is 0 Å². The average Bonchev–Trinajstić information content (AvgIpc) is 3.00. The molecule has 1 atom stereocenters. The summed E-state index contributed by atoms with van der Waals surface area (Å²) in [6.45, 7) is 6.93. The SMILES string of the molecule is Cc1nc(CN(CCCCN)CC2Cc3ccccc3CN2)cs1. The van der Waals surface area contributed by atoms with Gasteiger partial charge in [-0.25, -0.2) is 4.98 Å². The number of aryl methyl sites for hydroxylation is 1. The second kappa shape index (κ2) is 8.72. The number of nitrogens with one attached hydrogen (secondary N) is 1. The van der Waals surface area contributed by atoms with E-state index in [2.05, 4.69) is 51.8 Å². The molecule has 0 fully saturated rings. The molecule has 3 N–H and O–H groups in total. The molecule has 3 rings (SSSR count). The van der Waals surface area contributed by atoms with E-state index in [4.69, 9.17) is 5.73 Å². The Labute approximate surface area is 149 Å². The molecule has 0 bridgehead atoms. The first-order chi connectivity index (χ1) is 11.7. The van der Waals surface area contributed by atoms with Gasteiger partial charge in [0.15, 0.2) is 0 Å². The van der Waals surface area contributed by atoms with Gasteiger partial charge < -0.3 is 11.1 Å². The fourth-order valence-electron chi connectivity index (χ4n) is 3.39. The Bertz CT molecular complexity index is 640. The molecule has 1 aliphatic rings. The molecule has 130 valence electrons. The lowest BCUT2D eigenvalue weighted by atomic mass is 9.95. The number of unbranched alkanes of at least 4 members (excludes halogenated alkanes) is 1. The van der Waals surface area contributed by atoms with Crippen molar-refractivity contribution >= 4 is 11.3 Å². The van der Waals surface area contributed by atoms with Gasteiger partial charge in [0.2, 0.25) is 0 Å². The Morgan fingerprint density at radius 1 is 1.29 bits per heavy atom. The number of nitrogens with zero attached hydrogens (tertiary/aromatic N) is 2. The summed E-state index contributed by atoms with van der Waals surface area (Å²) in [6.07, 6.45) is 3.36. The highest BCUT2D eigenvalue weighted by Gasteiger charge is 2.20. The lowest BCUT2D eigenvalue weighted by Gasteiger charge is -2.31. The maximum absolute atomic E-state index is 5.67. The predicted octanol–water partition coefficient (Wildman–Crippen LogP) is 2.71. The summed E-state index contributed by atoms with van der Waals surface area (Å²) in [5, 5.41) is 7.04. The van der Waals surface area contributed by atoms with E-state index in [0.717, 1.165) is 57.0 Å². The van der Waals surface area contributed by atoms with Crippen LogP contribution < -0.4 is 11.1 Å². The van der Waals surface area contributed by atoms with Crippen molar-refractivity contribution in [3.05, 3.63) is 51.5 Å². The quantitative estimate of drug-likeness (QED) is 0.723. The van der Waals surface area contributed by atoms with E-state index < -0.39 is 0 Å². The highest BCUT2D eigenvalue weighted by atomic mass is 32.1. The standard InChI is InChI=1S/C19H28N4S/c1-15-22-19(14-24-15)13-23(9-5-4-8-20)12-18-10-16-6-2-3-7-17(16)11-21-18/h2-3,6-7,14,18,21H,4-5,8-13,20H2,1H3. The van der Waals surface area contributed by atoms with Crippen LogP contribution in [0, 0.1) is 6.92 Å². The summed E-state index contributed by atoms with van der Waals surface area (Å²) in [5.41, 5.74) is 9.80. The topological polar surface area (TPSA) is 54.2 Å². The molecule has 1 unspecified atom stereocenters. The van der Waals surface area contributed by atoms with Crippen LogP contribution in [0.5, 0.6) is 0 Å². The molecular weight excluding hydrogens is 316 g/mol. The van der Waals surface area contributed by atoms with E-state index >= 15 is 0 Å². The molecule has 4 nitrogen and oxygen atoms in total. The number of fused-ring (bicyclic) bond motifs is 1. The number of rotatable bonds is 8. The van der Waals surface area contributed by atoms with Crippen molar-refractivity contribution in [2.75, 3.05) is 19.6 Å². The number of thiazole rings is 1. The van der Waals surface area contributed by atoms with Crippen LogP contribution in [-0.2, 0) is 19.5 Å². The Hall–Kier alpha value is -1.27. The van der Waals surface area contributed by atoms with Crippen LogP contribution in [-0.4, -0.2) is 35.6 Å². The molecule has 2 heterocycles. The van der Waals surface area contributed by atoms with Crippen molar-refractivity contribution in [3.63, 3.8) is 0 Å². The van der Waals surface area contributed by atoms with E-state index in [1.807, 2.05) is 0 Å². The molecule has 0 saturated heterocycles. The van der Waals surface area contributed by atoms with Crippen molar-refractivity contribution < 1.29 is 0 Å². The first kappa shape index (κ1) is 17.5. The van der Waals surface area contributed by atoms with Gasteiger partial charge in [0.1, 0.15) is 0 Å². The smallest absolute Gasteiger partial charge is 0.0897 e. The minimum absolute atomic E-state index is 0.512. The van der Waals surface area contributed by atoms with Gasteiger partial charge in [0, 0.05) is 31.1 Å². The Kier molecular flexibility index (Phi) is 6.37. The molecule has 0 radical (unpaired) electrons. The number of benzene rings is 1. The van der Waals surface area contributed by atoms with Crippen molar-refractivity contribution in [1.29, 1.82) is 0 Å². The number of aromatic nitrogens is 1. The maximum Gasteiger partial charge on any atom is 0.0897 e. The molecule has 1 aromatic heterocycles. The molecule has 0 spiro atoms. The second-order valence-corrected chi connectivity index (χ2v) is 7.70. The summed E-state index contributed by atoms with van der Waals surface area (Å²) in [4.78, 5) is 7.18. The third kappa shape index (κ3) is 4.86. The molecule has 0 amide bonds. The van der Waals surface area contributed by atoms with Gasteiger partial charge in [-0.3, -0.25) is 4.90 Å². The highest BCUT2D eigenvalue weighted by molar-refractivity contribution is 7.09. The maximum atomic E-state index is 5.67. The minimum Gasteiger partial charge on any atom is -0.330 e.